The summed E-state index contributed by atoms with van der Waals surface area (Å²) in [6.07, 6.45) is 9.11. The molecule has 9 heteroatoms. The van der Waals surface area contributed by atoms with Gasteiger partial charge in [0.1, 0.15) is 11.6 Å². The van der Waals surface area contributed by atoms with E-state index in [1.165, 1.54) is 25.7 Å². The van der Waals surface area contributed by atoms with Gasteiger partial charge in [-0.05, 0) is 38.5 Å². The highest BCUT2D eigenvalue weighted by molar-refractivity contribution is 14.0. The molecule has 0 spiro atoms. The monoisotopic (exact) mass is 558 g/mol. The Morgan fingerprint density at radius 1 is 1.23 bits per heavy atom. The van der Waals surface area contributed by atoms with Gasteiger partial charge in [-0.15, -0.1) is 34.2 Å². The fourth-order valence-corrected chi connectivity index (χ4v) is 4.51. The standard InChI is InChI=1S/C22H34N6OS.HI/c1-4-23-21(25-16-17-10-5-8-13-19(17)29-2)24-15-9-14-20-26-27-22(30-3)28(20)18-11-6-7-12-18;/h5,8,10,13,18H,4,6-7,9,11-12,14-16H2,1-3H3,(H2,23,24,25);1H. The second-order valence-electron chi connectivity index (χ2n) is 7.45. The van der Waals surface area contributed by atoms with E-state index in [1.54, 1.807) is 18.9 Å². The largest absolute Gasteiger partial charge is 0.496 e. The van der Waals surface area contributed by atoms with Crippen molar-refractivity contribution in [2.24, 2.45) is 4.99 Å². The zero-order valence-electron chi connectivity index (χ0n) is 18.8. The maximum atomic E-state index is 5.42. The Kier molecular flexibility index (Phi) is 11.5. The van der Waals surface area contributed by atoms with E-state index in [9.17, 15) is 0 Å². The van der Waals surface area contributed by atoms with E-state index in [-0.39, 0.29) is 24.0 Å². The van der Waals surface area contributed by atoms with Crippen molar-refractivity contribution in [3.05, 3.63) is 35.7 Å². The number of nitrogens with one attached hydrogen (secondary N) is 2. The summed E-state index contributed by atoms with van der Waals surface area (Å²) < 4.78 is 7.81. The number of hydrogen-bond acceptors (Lipinski definition) is 5. The van der Waals surface area contributed by atoms with Gasteiger partial charge in [-0.2, -0.15) is 0 Å². The van der Waals surface area contributed by atoms with Crippen LogP contribution in [0, 0.1) is 0 Å². The lowest BCUT2D eigenvalue weighted by molar-refractivity contribution is 0.410. The van der Waals surface area contributed by atoms with Crippen LogP contribution in [-0.4, -0.2) is 47.2 Å². The number of nitrogens with zero attached hydrogens (tertiary/aromatic N) is 4. The first-order valence-corrected chi connectivity index (χ1v) is 12.1. The van der Waals surface area contributed by atoms with Gasteiger partial charge in [0.05, 0.1) is 13.7 Å². The van der Waals surface area contributed by atoms with Crippen LogP contribution >= 0.6 is 35.7 Å². The summed E-state index contributed by atoms with van der Waals surface area (Å²) in [7, 11) is 1.69. The predicted octanol–water partition coefficient (Wildman–Crippen LogP) is 4.43. The van der Waals surface area contributed by atoms with Gasteiger partial charge >= 0.3 is 0 Å². The van der Waals surface area contributed by atoms with Crippen molar-refractivity contribution in [2.45, 2.75) is 63.2 Å². The molecule has 0 unspecified atom stereocenters. The molecule has 1 aromatic carbocycles. The Balaban J connectivity index is 0.00000341. The van der Waals surface area contributed by atoms with Crippen LogP contribution in [0.5, 0.6) is 5.75 Å². The van der Waals surface area contributed by atoms with Gasteiger partial charge in [0.15, 0.2) is 11.1 Å². The van der Waals surface area contributed by atoms with Gasteiger partial charge in [0.25, 0.3) is 0 Å². The van der Waals surface area contributed by atoms with Crippen LogP contribution < -0.4 is 15.4 Å². The Bertz CT molecular complexity index is 822. The van der Waals surface area contributed by atoms with Gasteiger partial charge in [-0.3, -0.25) is 0 Å². The number of halogens is 1. The minimum atomic E-state index is 0. The Labute approximate surface area is 207 Å². The third-order valence-corrected chi connectivity index (χ3v) is 6.06. The second kappa shape index (κ2) is 13.8. The van der Waals surface area contributed by atoms with Gasteiger partial charge in [-0.25, -0.2) is 4.99 Å². The molecule has 2 N–H and O–H groups in total. The number of ether oxygens (including phenoxy) is 1. The number of rotatable bonds is 10. The minimum Gasteiger partial charge on any atom is -0.496 e. The van der Waals surface area contributed by atoms with E-state index >= 15 is 0 Å². The minimum absolute atomic E-state index is 0. The van der Waals surface area contributed by atoms with Crippen molar-refractivity contribution < 1.29 is 4.74 Å². The molecule has 1 aliphatic carbocycles. The van der Waals surface area contributed by atoms with Crippen molar-refractivity contribution in [2.75, 3.05) is 26.5 Å². The van der Waals surface area contributed by atoms with Crippen LogP contribution in [0.4, 0.5) is 0 Å². The topological polar surface area (TPSA) is 76.4 Å². The third kappa shape index (κ3) is 7.27. The molecule has 0 aliphatic heterocycles. The van der Waals surface area contributed by atoms with Crippen molar-refractivity contribution in [3.8, 4) is 5.75 Å². The summed E-state index contributed by atoms with van der Waals surface area (Å²) in [5.74, 6) is 2.81. The van der Waals surface area contributed by atoms with E-state index < -0.39 is 0 Å². The lowest BCUT2D eigenvalue weighted by Crippen LogP contribution is -2.38. The molecule has 0 radical (unpaired) electrons. The van der Waals surface area contributed by atoms with E-state index in [2.05, 4.69) is 38.6 Å². The number of aliphatic imine (C=N–C) groups is 1. The molecule has 2 aromatic rings. The Hall–Kier alpha value is -1.49. The predicted molar refractivity (Wildman–Crippen MR) is 139 cm³/mol. The molecule has 0 atom stereocenters. The SMILES string of the molecule is CCNC(=NCc1ccccc1OC)NCCCc1nnc(SC)n1C1CCCC1.I. The number of thioether (sulfide) groups is 1. The van der Waals surface area contributed by atoms with Crippen LogP contribution in [0.2, 0.25) is 0 Å². The normalized spacial score (nSPS) is 14.4. The molecule has 0 bridgehead atoms. The molecule has 1 heterocycles. The average molecular weight is 559 g/mol. The summed E-state index contributed by atoms with van der Waals surface area (Å²) in [6, 6.07) is 8.57. The lowest BCUT2D eigenvalue weighted by atomic mass is 10.2. The molecule has 3 rings (SSSR count). The van der Waals surface area contributed by atoms with Gasteiger partial charge in [0.2, 0.25) is 0 Å². The number of hydrogen-bond donors (Lipinski definition) is 2. The van der Waals surface area contributed by atoms with Crippen molar-refractivity contribution in [1.29, 1.82) is 0 Å². The first kappa shape index (κ1) is 25.8. The summed E-state index contributed by atoms with van der Waals surface area (Å²) in [5, 5.41) is 16.7. The lowest BCUT2D eigenvalue weighted by Gasteiger charge is -2.16. The summed E-state index contributed by atoms with van der Waals surface area (Å²) in [4.78, 5) is 4.71. The molecular weight excluding hydrogens is 523 g/mol. The van der Waals surface area contributed by atoms with Crippen LogP contribution in [0.25, 0.3) is 0 Å². The number of guanidine groups is 1. The molecular formula is C22H35IN6OS. The molecule has 7 nitrogen and oxygen atoms in total. The summed E-state index contributed by atoms with van der Waals surface area (Å²) in [6.45, 7) is 4.31. The molecule has 0 saturated heterocycles. The molecule has 1 fully saturated rings. The highest BCUT2D eigenvalue weighted by Crippen LogP contribution is 2.33. The maximum Gasteiger partial charge on any atom is 0.191 e. The van der Waals surface area contributed by atoms with Gasteiger partial charge in [0, 0.05) is 31.1 Å². The van der Waals surface area contributed by atoms with Crippen LogP contribution in [0.1, 0.15) is 56.5 Å². The van der Waals surface area contributed by atoms with Crippen molar-refractivity contribution in [1.82, 2.24) is 25.4 Å². The Morgan fingerprint density at radius 2 is 2.00 bits per heavy atom. The third-order valence-electron chi connectivity index (χ3n) is 5.42. The van der Waals surface area contributed by atoms with Crippen LogP contribution in [-0.2, 0) is 13.0 Å². The molecule has 1 aromatic heterocycles. The first-order valence-electron chi connectivity index (χ1n) is 10.9. The van der Waals surface area contributed by atoms with Crippen molar-refractivity contribution >= 4 is 41.7 Å². The van der Waals surface area contributed by atoms with E-state index in [1.807, 2.05) is 24.3 Å². The van der Waals surface area contributed by atoms with E-state index in [4.69, 9.17) is 9.73 Å². The molecule has 172 valence electrons. The summed E-state index contributed by atoms with van der Waals surface area (Å²) >= 11 is 1.70. The average Bonchev–Trinajstić information content (AvgIpc) is 3.44. The zero-order valence-corrected chi connectivity index (χ0v) is 21.9. The number of aryl methyl sites for hydroxylation is 1. The van der Waals surface area contributed by atoms with Crippen molar-refractivity contribution in [3.63, 3.8) is 0 Å². The number of aromatic nitrogens is 3. The Morgan fingerprint density at radius 3 is 2.71 bits per heavy atom. The van der Waals surface area contributed by atoms with E-state index in [0.717, 1.165) is 54.2 Å². The first-order chi connectivity index (χ1) is 14.8. The highest BCUT2D eigenvalue weighted by atomic mass is 127. The highest BCUT2D eigenvalue weighted by Gasteiger charge is 2.23. The van der Waals surface area contributed by atoms with E-state index in [0.29, 0.717) is 12.6 Å². The van der Waals surface area contributed by atoms with Crippen LogP contribution in [0.3, 0.4) is 0 Å². The maximum absolute atomic E-state index is 5.42. The molecule has 0 amide bonds. The number of para-hydroxylation sites is 1. The quantitative estimate of drug-likeness (QED) is 0.148. The second-order valence-corrected chi connectivity index (χ2v) is 8.22. The zero-order chi connectivity index (χ0) is 21.2. The van der Waals surface area contributed by atoms with Gasteiger partial charge < -0.3 is 19.9 Å². The summed E-state index contributed by atoms with van der Waals surface area (Å²) in [5.41, 5.74) is 1.08. The molecule has 31 heavy (non-hydrogen) atoms. The van der Waals surface area contributed by atoms with Gasteiger partial charge in [-0.1, -0.05) is 42.8 Å². The number of methoxy groups -OCH3 is 1. The fourth-order valence-electron chi connectivity index (χ4n) is 3.94. The molecule has 1 aliphatic rings. The number of benzene rings is 1. The fraction of sp³-hybridized carbons (Fsp3) is 0.591. The smallest absolute Gasteiger partial charge is 0.191 e. The van der Waals surface area contributed by atoms with Crippen LogP contribution in [0.15, 0.2) is 34.4 Å². The molecule has 1 saturated carbocycles.